The number of carbonyl (C=O) groups excluding carboxylic acids is 1. The quantitative estimate of drug-likeness (QED) is 0.630. The number of nitrogens with zero attached hydrogens (tertiary/aromatic N) is 1. The van der Waals surface area contributed by atoms with Gasteiger partial charge in [0.05, 0.1) is 5.69 Å². The molecule has 1 heterocycles. The number of hydrogen-bond donors (Lipinski definition) is 0. The minimum absolute atomic E-state index is 0.275. The first kappa shape index (κ1) is 14.9. The van der Waals surface area contributed by atoms with Gasteiger partial charge in [-0.2, -0.15) is 0 Å². The predicted octanol–water partition coefficient (Wildman–Crippen LogP) is 5.28. The number of aryl methyl sites for hydroxylation is 1. The highest BCUT2D eigenvalue weighted by atomic mass is 16.1. The molecule has 0 aliphatic heterocycles. The minimum Gasteiger partial charge on any atom is -0.313 e. The lowest BCUT2D eigenvalue weighted by Gasteiger charge is -2.19. The molecule has 0 radical (unpaired) electrons. The summed E-state index contributed by atoms with van der Waals surface area (Å²) in [4.78, 5) is 12.5. The molecule has 4 rings (SSSR count). The first-order valence-electron chi connectivity index (χ1n) is 8.56. The second-order valence-corrected chi connectivity index (χ2v) is 6.59. The molecular formula is C22H21NO. The molecule has 0 bridgehead atoms. The van der Waals surface area contributed by atoms with E-state index in [4.69, 9.17) is 0 Å². The topological polar surface area (TPSA) is 22.0 Å². The normalized spacial score (nSPS) is 13.8. The van der Waals surface area contributed by atoms with Crippen molar-refractivity contribution in [2.45, 2.75) is 33.1 Å². The zero-order valence-electron chi connectivity index (χ0n) is 14.2. The number of Topliss-reactive ketones (excluding diaryl/α,β-unsaturated/α-hetero) is 1. The summed E-state index contributed by atoms with van der Waals surface area (Å²) in [6, 6.07) is 18.9. The molecular weight excluding hydrogens is 294 g/mol. The molecule has 120 valence electrons. The number of fused-ring (bicyclic) bond motifs is 1. The fourth-order valence-electron chi connectivity index (χ4n) is 3.66. The van der Waals surface area contributed by atoms with E-state index in [1.165, 1.54) is 22.5 Å². The summed E-state index contributed by atoms with van der Waals surface area (Å²) in [6.07, 6.45) is 2.56. The first-order valence-corrected chi connectivity index (χ1v) is 8.56. The third kappa shape index (κ3) is 2.30. The van der Waals surface area contributed by atoms with Gasteiger partial charge in [0.2, 0.25) is 0 Å². The van der Waals surface area contributed by atoms with Crippen LogP contribution in [0.25, 0.3) is 16.9 Å². The van der Waals surface area contributed by atoms with Gasteiger partial charge in [0.1, 0.15) is 0 Å². The van der Waals surface area contributed by atoms with Crippen molar-refractivity contribution >= 4 is 5.78 Å². The van der Waals surface area contributed by atoms with Crippen LogP contribution in [0.5, 0.6) is 0 Å². The van der Waals surface area contributed by atoms with Crippen LogP contribution < -0.4 is 0 Å². The van der Waals surface area contributed by atoms with E-state index in [-0.39, 0.29) is 5.78 Å². The second kappa shape index (κ2) is 5.79. The van der Waals surface area contributed by atoms with Crippen molar-refractivity contribution in [1.29, 1.82) is 0 Å². The van der Waals surface area contributed by atoms with Crippen molar-refractivity contribution < 1.29 is 4.79 Å². The van der Waals surface area contributed by atoms with E-state index < -0.39 is 0 Å². The predicted molar refractivity (Wildman–Crippen MR) is 97.9 cm³/mol. The van der Waals surface area contributed by atoms with Crippen molar-refractivity contribution in [3.8, 4) is 16.9 Å². The molecule has 0 fully saturated rings. The monoisotopic (exact) mass is 315 g/mol. The summed E-state index contributed by atoms with van der Waals surface area (Å²) in [5.41, 5.74) is 8.07. The summed E-state index contributed by atoms with van der Waals surface area (Å²) < 4.78 is 2.31. The van der Waals surface area contributed by atoms with Crippen LogP contribution in [0.2, 0.25) is 0 Å². The Kier molecular flexibility index (Phi) is 3.61. The average Bonchev–Trinajstić information content (AvgIpc) is 2.99. The molecule has 0 saturated carbocycles. The van der Waals surface area contributed by atoms with E-state index >= 15 is 0 Å². The Balaban J connectivity index is 2.04. The van der Waals surface area contributed by atoms with Crippen molar-refractivity contribution in [2.75, 3.05) is 0 Å². The number of hydrogen-bond acceptors (Lipinski definition) is 1. The van der Waals surface area contributed by atoms with Crippen LogP contribution in [-0.2, 0) is 6.42 Å². The van der Waals surface area contributed by atoms with Crippen molar-refractivity contribution in [1.82, 2.24) is 4.57 Å². The number of benzene rings is 2. The highest BCUT2D eigenvalue weighted by Gasteiger charge is 2.25. The number of aromatic nitrogens is 1. The Morgan fingerprint density at radius 2 is 1.71 bits per heavy atom. The van der Waals surface area contributed by atoms with Gasteiger partial charge in [0, 0.05) is 23.4 Å². The lowest BCUT2D eigenvalue weighted by Crippen LogP contribution is -2.13. The summed E-state index contributed by atoms with van der Waals surface area (Å²) in [5.74, 6) is 0.275. The largest absolute Gasteiger partial charge is 0.313 e. The maximum atomic E-state index is 12.5. The Bertz CT molecular complexity index is 919. The van der Waals surface area contributed by atoms with E-state index in [1.54, 1.807) is 0 Å². The summed E-state index contributed by atoms with van der Waals surface area (Å²) >= 11 is 0. The molecule has 24 heavy (non-hydrogen) atoms. The van der Waals surface area contributed by atoms with Gasteiger partial charge in [-0.05, 0) is 55.5 Å². The van der Waals surface area contributed by atoms with Crippen LogP contribution in [0.3, 0.4) is 0 Å². The van der Waals surface area contributed by atoms with Crippen molar-refractivity contribution in [3.05, 3.63) is 77.0 Å². The van der Waals surface area contributed by atoms with E-state index in [1.807, 2.05) is 6.07 Å². The Morgan fingerprint density at radius 1 is 0.917 bits per heavy atom. The molecule has 3 aromatic rings. The molecule has 1 aromatic heterocycles. The van der Waals surface area contributed by atoms with Crippen LogP contribution in [0.4, 0.5) is 0 Å². The summed E-state index contributed by atoms with van der Waals surface area (Å²) in [5, 5.41) is 0. The molecule has 0 atom stereocenters. The molecule has 1 aliphatic rings. The maximum Gasteiger partial charge on any atom is 0.164 e. The molecule has 2 aromatic carbocycles. The van der Waals surface area contributed by atoms with E-state index in [2.05, 4.69) is 66.9 Å². The number of rotatable bonds is 2. The molecule has 1 aliphatic carbocycles. The average molecular weight is 315 g/mol. The Labute approximate surface area is 142 Å². The number of ketones is 1. The standard InChI is InChI=1S/C22H21NO/c1-15-8-6-11-19(16(15)2)23-20-12-7-13-22(24)18(20)14-21(23)17-9-4-3-5-10-17/h3-6,8-11,14H,7,12-13H2,1-2H3. The first-order chi connectivity index (χ1) is 11.7. The van der Waals surface area contributed by atoms with E-state index in [9.17, 15) is 4.79 Å². The van der Waals surface area contributed by atoms with Crippen LogP contribution in [0.1, 0.15) is 40.0 Å². The van der Waals surface area contributed by atoms with Gasteiger partial charge in [-0.15, -0.1) is 0 Å². The van der Waals surface area contributed by atoms with Gasteiger partial charge < -0.3 is 4.57 Å². The van der Waals surface area contributed by atoms with Crippen LogP contribution in [-0.4, -0.2) is 10.4 Å². The highest BCUT2D eigenvalue weighted by Crippen LogP contribution is 2.35. The maximum absolute atomic E-state index is 12.5. The van der Waals surface area contributed by atoms with Crippen LogP contribution in [0.15, 0.2) is 54.6 Å². The van der Waals surface area contributed by atoms with Crippen molar-refractivity contribution in [2.24, 2.45) is 0 Å². The third-order valence-corrected chi connectivity index (χ3v) is 5.11. The Hall–Kier alpha value is -2.61. The van der Waals surface area contributed by atoms with Crippen LogP contribution >= 0.6 is 0 Å². The Morgan fingerprint density at radius 3 is 2.50 bits per heavy atom. The fourth-order valence-corrected chi connectivity index (χ4v) is 3.66. The van der Waals surface area contributed by atoms with Gasteiger partial charge in [-0.1, -0.05) is 42.5 Å². The van der Waals surface area contributed by atoms with Gasteiger partial charge in [-0.3, -0.25) is 4.79 Å². The fraction of sp³-hybridized carbons (Fsp3) is 0.227. The number of carbonyl (C=O) groups is 1. The molecule has 2 heteroatoms. The molecule has 0 saturated heterocycles. The second-order valence-electron chi connectivity index (χ2n) is 6.59. The molecule has 0 amide bonds. The lowest BCUT2D eigenvalue weighted by molar-refractivity contribution is 0.0972. The van der Waals surface area contributed by atoms with Crippen molar-refractivity contribution in [3.63, 3.8) is 0 Å². The molecule has 0 N–H and O–H groups in total. The van der Waals surface area contributed by atoms with E-state index in [0.29, 0.717) is 6.42 Å². The third-order valence-electron chi connectivity index (χ3n) is 5.11. The summed E-state index contributed by atoms with van der Waals surface area (Å²) in [7, 11) is 0. The van der Waals surface area contributed by atoms with Crippen LogP contribution in [0, 0.1) is 13.8 Å². The van der Waals surface area contributed by atoms with Gasteiger partial charge in [-0.25, -0.2) is 0 Å². The molecule has 0 spiro atoms. The molecule has 2 nitrogen and oxygen atoms in total. The zero-order valence-corrected chi connectivity index (χ0v) is 14.2. The smallest absolute Gasteiger partial charge is 0.164 e. The lowest BCUT2D eigenvalue weighted by atomic mass is 9.96. The highest BCUT2D eigenvalue weighted by molar-refractivity contribution is 6.00. The SMILES string of the molecule is Cc1cccc(-n2c(-c3ccccc3)cc3c2CCCC3=O)c1C. The molecule has 0 unspecified atom stereocenters. The zero-order chi connectivity index (χ0) is 16.7. The van der Waals surface area contributed by atoms with Gasteiger partial charge >= 0.3 is 0 Å². The van der Waals surface area contributed by atoms with E-state index in [0.717, 1.165) is 29.7 Å². The van der Waals surface area contributed by atoms with Gasteiger partial charge in [0.15, 0.2) is 5.78 Å². The van der Waals surface area contributed by atoms with Gasteiger partial charge in [0.25, 0.3) is 0 Å². The summed E-state index contributed by atoms with van der Waals surface area (Å²) in [6.45, 7) is 4.30. The minimum atomic E-state index is 0.275.